The Balaban J connectivity index is 2.12. The van der Waals surface area contributed by atoms with E-state index in [0.29, 0.717) is 34.0 Å². The van der Waals surface area contributed by atoms with Crippen LogP contribution in [0.15, 0.2) is 28.9 Å². The molecule has 2 aliphatic rings. The van der Waals surface area contributed by atoms with Gasteiger partial charge in [-0.15, -0.1) is 0 Å². The monoisotopic (exact) mass is 410 g/mol. The number of nitriles is 1. The molecule has 0 radical (unpaired) electrons. The molecule has 0 spiro atoms. The van der Waals surface area contributed by atoms with E-state index < -0.39 is 5.91 Å². The second kappa shape index (κ2) is 9.04. The molecule has 30 heavy (non-hydrogen) atoms. The average Bonchev–Trinajstić information content (AvgIpc) is 2.77. The van der Waals surface area contributed by atoms with E-state index in [-0.39, 0.29) is 17.5 Å². The number of hydrogen-bond donors (Lipinski definition) is 0. The summed E-state index contributed by atoms with van der Waals surface area (Å²) < 4.78 is 16.1. The molecule has 1 aromatic carbocycles. The van der Waals surface area contributed by atoms with Gasteiger partial charge in [-0.3, -0.25) is 14.5 Å². The Morgan fingerprint density at radius 2 is 1.60 bits per heavy atom. The molecule has 1 aliphatic heterocycles. The molecule has 0 unspecified atom stereocenters. The van der Waals surface area contributed by atoms with Crippen LogP contribution in [0.25, 0.3) is 6.08 Å². The molecule has 3 rings (SSSR count). The Morgan fingerprint density at radius 1 is 1.00 bits per heavy atom. The maximum atomic E-state index is 13.3. The minimum atomic E-state index is -0.492. The van der Waals surface area contributed by atoms with Crippen LogP contribution < -0.4 is 14.2 Å². The van der Waals surface area contributed by atoms with E-state index >= 15 is 0 Å². The van der Waals surface area contributed by atoms with Crippen molar-refractivity contribution in [1.82, 2.24) is 4.90 Å². The Kier molecular flexibility index (Phi) is 6.46. The van der Waals surface area contributed by atoms with Crippen molar-refractivity contribution >= 4 is 17.9 Å². The van der Waals surface area contributed by atoms with E-state index in [0.717, 1.165) is 32.1 Å². The molecule has 1 heterocycles. The summed E-state index contributed by atoms with van der Waals surface area (Å²) in [5.41, 5.74) is 1.36. The van der Waals surface area contributed by atoms with Crippen molar-refractivity contribution in [3.8, 4) is 23.3 Å². The molecule has 2 amide bonds. The van der Waals surface area contributed by atoms with Crippen LogP contribution in [0, 0.1) is 11.3 Å². The van der Waals surface area contributed by atoms with Gasteiger partial charge in [-0.05, 0) is 49.1 Å². The maximum Gasteiger partial charge on any atom is 0.271 e. The lowest BCUT2D eigenvalue weighted by Crippen LogP contribution is -2.49. The summed E-state index contributed by atoms with van der Waals surface area (Å²) in [6.07, 6.45) is 6.25. The van der Waals surface area contributed by atoms with Crippen LogP contribution in [0.4, 0.5) is 0 Å². The van der Waals surface area contributed by atoms with E-state index in [1.54, 1.807) is 25.1 Å². The number of methoxy groups -OCH3 is 3. The number of benzene rings is 1. The van der Waals surface area contributed by atoms with Gasteiger partial charge in [0.15, 0.2) is 11.5 Å². The largest absolute Gasteiger partial charge is 0.493 e. The SMILES string of the molecule is COc1cc(/C=C2/C(=O)N(C3CCCCC3)C(=O)C(C#N)=C2C)cc(OC)c1OC. The third kappa shape index (κ3) is 3.78. The number of ether oxygens (including phenoxy) is 3. The second-order valence-corrected chi connectivity index (χ2v) is 7.40. The highest BCUT2D eigenvalue weighted by Crippen LogP contribution is 2.40. The minimum Gasteiger partial charge on any atom is -0.493 e. The number of rotatable bonds is 5. The molecule has 7 nitrogen and oxygen atoms in total. The van der Waals surface area contributed by atoms with E-state index in [1.165, 1.54) is 26.2 Å². The van der Waals surface area contributed by atoms with E-state index in [4.69, 9.17) is 14.2 Å². The average molecular weight is 410 g/mol. The molecule has 0 aromatic heterocycles. The van der Waals surface area contributed by atoms with Gasteiger partial charge in [-0.2, -0.15) is 5.26 Å². The van der Waals surface area contributed by atoms with Crippen LogP contribution in [0.1, 0.15) is 44.6 Å². The van der Waals surface area contributed by atoms with Gasteiger partial charge in [-0.1, -0.05) is 19.3 Å². The Labute approximate surface area is 176 Å². The lowest BCUT2D eigenvalue weighted by molar-refractivity contribution is -0.143. The third-order valence-corrected chi connectivity index (χ3v) is 5.71. The predicted molar refractivity (Wildman–Crippen MR) is 111 cm³/mol. The molecule has 1 aromatic rings. The lowest BCUT2D eigenvalue weighted by atomic mass is 9.88. The molecular weight excluding hydrogens is 384 g/mol. The fourth-order valence-electron chi connectivity index (χ4n) is 4.12. The molecule has 0 saturated heterocycles. The van der Waals surface area contributed by atoms with Gasteiger partial charge in [-0.25, -0.2) is 0 Å². The zero-order valence-electron chi connectivity index (χ0n) is 17.8. The van der Waals surface area contributed by atoms with Gasteiger partial charge in [0.25, 0.3) is 11.8 Å². The molecule has 0 bridgehead atoms. The number of carbonyl (C=O) groups excluding carboxylic acids is 2. The summed E-state index contributed by atoms with van der Waals surface area (Å²) in [6, 6.07) is 5.28. The highest BCUT2D eigenvalue weighted by molar-refractivity contribution is 6.20. The van der Waals surface area contributed by atoms with Gasteiger partial charge in [0, 0.05) is 11.6 Å². The van der Waals surface area contributed by atoms with E-state index in [1.807, 2.05) is 6.07 Å². The van der Waals surface area contributed by atoms with Crippen LogP contribution in [-0.4, -0.2) is 44.1 Å². The first-order valence-corrected chi connectivity index (χ1v) is 9.97. The number of imide groups is 1. The van der Waals surface area contributed by atoms with Crippen molar-refractivity contribution in [3.63, 3.8) is 0 Å². The summed E-state index contributed by atoms with van der Waals surface area (Å²) in [5, 5.41) is 9.60. The van der Waals surface area contributed by atoms with Crippen molar-refractivity contribution in [2.75, 3.05) is 21.3 Å². The molecule has 1 saturated carbocycles. The first-order chi connectivity index (χ1) is 14.5. The molecule has 1 fully saturated rings. The van der Waals surface area contributed by atoms with Crippen LogP contribution in [-0.2, 0) is 9.59 Å². The number of hydrogen-bond acceptors (Lipinski definition) is 6. The first-order valence-electron chi connectivity index (χ1n) is 9.97. The van der Waals surface area contributed by atoms with Crippen molar-refractivity contribution < 1.29 is 23.8 Å². The summed E-state index contributed by atoms with van der Waals surface area (Å²) in [4.78, 5) is 27.5. The molecule has 158 valence electrons. The fraction of sp³-hybridized carbons (Fsp3) is 0.435. The second-order valence-electron chi connectivity index (χ2n) is 7.40. The number of amides is 2. The molecule has 0 atom stereocenters. The topological polar surface area (TPSA) is 88.9 Å². The highest BCUT2D eigenvalue weighted by atomic mass is 16.5. The predicted octanol–water partition coefficient (Wildman–Crippen LogP) is 3.64. The quantitative estimate of drug-likeness (QED) is 0.544. The smallest absolute Gasteiger partial charge is 0.271 e. The standard InChI is InChI=1S/C23H26N2O5/c1-14-17(10-15-11-19(28-2)21(30-4)20(12-15)29-3)22(26)25(23(27)18(14)13-24)16-8-6-5-7-9-16/h10-12,16H,5-9H2,1-4H3/b17-10+. The van der Waals surface area contributed by atoms with E-state index in [2.05, 4.69) is 0 Å². The summed E-state index contributed by atoms with van der Waals surface area (Å²) >= 11 is 0. The van der Waals surface area contributed by atoms with E-state index in [9.17, 15) is 14.9 Å². The zero-order valence-corrected chi connectivity index (χ0v) is 17.8. The normalized spacial score (nSPS) is 19.2. The number of nitrogens with zero attached hydrogens (tertiary/aromatic N) is 2. The van der Waals surface area contributed by atoms with Crippen LogP contribution >= 0.6 is 0 Å². The fourth-order valence-corrected chi connectivity index (χ4v) is 4.12. The highest BCUT2D eigenvalue weighted by Gasteiger charge is 2.39. The minimum absolute atomic E-state index is 0.0128. The molecule has 0 N–H and O–H groups in total. The Bertz CT molecular complexity index is 939. The van der Waals surface area contributed by atoms with Gasteiger partial charge in [0.2, 0.25) is 5.75 Å². The van der Waals surface area contributed by atoms with Crippen LogP contribution in [0.5, 0.6) is 17.2 Å². The summed E-state index contributed by atoms with van der Waals surface area (Å²) in [7, 11) is 4.55. The molecule has 7 heteroatoms. The van der Waals surface area contributed by atoms with Crippen LogP contribution in [0.3, 0.4) is 0 Å². The van der Waals surface area contributed by atoms with Crippen molar-refractivity contribution in [2.45, 2.75) is 45.1 Å². The van der Waals surface area contributed by atoms with Gasteiger partial charge in [0.1, 0.15) is 11.6 Å². The summed E-state index contributed by atoms with van der Waals surface area (Å²) in [6.45, 7) is 1.64. The first kappa shape index (κ1) is 21.4. The maximum absolute atomic E-state index is 13.3. The van der Waals surface area contributed by atoms with Crippen molar-refractivity contribution in [2.24, 2.45) is 0 Å². The van der Waals surface area contributed by atoms with Gasteiger partial charge in [0.05, 0.1) is 21.3 Å². The zero-order chi connectivity index (χ0) is 21.8. The molecule has 1 aliphatic carbocycles. The van der Waals surface area contributed by atoms with Crippen molar-refractivity contribution in [1.29, 1.82) is 5.26 Å². The molecular formula is C23H26N2O5. The van der Waals surface area contributed by atoms with Gasteiger partial charge >= 0.3 is 0 Å². The van der Waals surface area contributed by atoms with Gasteiger partial charge < -0.3 is 14.2 Å². The summed E-state index contributed by atoms with van der Waals surface area (Å²) in [5.74, 6) is 0.496. The lowest BCUT2D eigenvalue weighted by Gasteiger charge is -2.36. The Morgan fingerprint density at radius 3 is 2.10 bits per heavy atom. The third-order valence-electron chi connectivity index (χ3n) is 5.71. The Hall–Kier alpha value is -3.27. The number of carbonyl (C=O) groups is 2. The van der Waals surface area contributed by atoms with Crippen molar-refractivity contribution in [3.05, 3.63) is 34.4 Å². The van der Waals surface area contributed by atoms with Crippen LogP contribution in [0.2, 0.25) is 0 Å².